The average Bonchev–Trinajstić information content (AvgIpc) is 2.95. The van der Waals surface area contributed by atoms with E-state index in [2.05, 4.69) is 10.3 Å². The van der Waals surface area contributed by atoms with Crippen LogP contribution in [0.15, 0.2) is 33.9 Å². The summed E-state index contributed by atoms with van der Waals surface area (Å²) in [5.41, 5.74) is 0.436. The van der Waals surface area contributed by atoms with Crippen LogP contribution in [0.3, 0.4) is 0 Å². The number of nitrogens with zero attached hydrogens (tertiary/aromatic N) is 4. The van der Waals surface area contributed by atoms with Crippen molar-refractivity contribution in [3.63, 3.8) is 0 Å². The van der Waals surface area contributed by atoms with Crippen molar-refractivity contribution in [3.05, 3.63) is 55.7 Å². The number of aryl methyl sites for hydroxylation is 2. The van der Waals surface area contributed by atoms with Crippen LogP contribution in [0.5, 0.6) is 0 Å². The minimum absolute atomic E-state index is 0.0344. The van der Waals surface area contributed by atoms with Crippen LogP contribution in [0.2, 0.25) is 5.02 Å². The van der Waals surface area contributed by atoms with Crippen molar-refractivity contribution < 1.29 is 5.11 Å². The van der Waals surface area contributed by atoms with E-state index in [1.54, 1.807) is 36.9 Å². The molecule has 3 rings (SSSR count). The lowest BCUT2D eigenvalue weighted by molar-refractivity contribution is 0.282. The van der Waals surface area contributed by atoms with Gasteiger partial charge in [0.05, 0.1) is 6.54 Å². The number of hydrogen-bond acceptors (Lipinski definition) is 5. The fraction of sp³-hybridized carbons (Fsp3) is 0.389. The van der Waals surface area contributed by atoms with Gasteiger partial charge in [0.2, 0.25) is 5.95 Å². The van der Waals surface area contributed by atoms with Crippen LogP contribution in [0.25, 0.3) is 11.2 Å². The van der Waals surface area contributed by atoms with E-state index in [1.807, 2.05) is 13.0 Å². The van der Waals surface area contributed by atoms with Crippen LogP contribution in [0, 0.1) is 0 Å². The summed E-state index contributed by atoms with van der Waals surface area (Å²) in [6, 6.07) is 7.07. The van der Waals surface area contributed by atoms with Crippen molar-refractivity contribution >= 4 is 28.7 Å². The van der Waals surface area contributed by atoms with E-state index in [0.717, 1.165) is 4.57 Å². The van der Waals surface area contributed by atoms with Crippen molar-refractivity contribution in [3.8, 4) is 0 Å². The van der Waals surface area contributed by atoms with E-state index in [9.17, 15) is 9.59 Å². The Morgan fingerprint density at radius 3 is 2.59 bits per heavy atom. The Balaban J connectivity index is 2.15. The second-order valence-corrected chi connectivity index (χ2v) is 6.96. The predicted molar refractivity (Wildman–Crippen MR) is 106 cm³/mol. The zero-order chi connectivity index (χ0) is 19.7. The van der Waals surface area contributed by atoms with Gasteiger partial charge in [0.25, 0.3) is 5.56 Å². The highest BCUT2D eigenvalue weighted by molar-refractivity contribution is 6.31. The molecule has 2 N–H and O–H groups in total. The fourth-order valence-corrected chi connectivity index (χ4v) is 3.19. The van der Waals surface area contributed by atoms with Gasteiger partial charge in [0, 0.05) is 31.8 Å². The lowest BCUT2D eigenvalue weighted by atomic mass is 10.2. The summed E-state index contributed by atoms with van der Waals surface area (Å²) in [5.74, 6) is 0.466. The smallest absolute Gasteiger partial charge is 0.332 e. The third-order valence-electron chi connectivity index (χ3n) is 4.58. The Morgan fingerprint density at radius 2 is 1.93 bits per heavy atom. The molecule has 0 aliphatic carbocycles. The van der Waals surface area contributed by atoms with Crippen molar-refractivity contribution in [2.24, 2.45) is 14.1 Å². The van der Waals surface area contributed by atoms with Crippen molar-refractivity contribution in [1.29, 1.82) is 0 Å². The molecule has 8 nitrogen and oxygen atoms in total. The number of anilines is 1. The van der Waals surface area contributed by atoms with Crippen LogP contribution >= 0.6 is 11.6 Å². The Labute approximate surface area is 160 Å². The van der Waals surface area contributed by atoms with Gasteiger partial charge in [0.15, 0.2) is 11.2 Å². The number of imidazole rings is 1. The molecule has 0 unspecified atom stereocenters. The first kappa shape index (κ1) is 19.2. The van der Waals surface area contributed by atoms with E-state index < -0.39 is 11.2 Å². The molecule has 0 saturated heterocycles. The standard InChI is InChI=1S/C18H22ClN5O3/c1-11(8-9-25)20-17-21-15-14(22(17)2)16(26)24(18(27)23(15)3)10-12-6-4-5-7-13(12)19/h4-7,11,25H,8-10H2,1-3H3,(H,20,21)/t11-/m0/s1. The minimum Gasteiger partial charge on any atom is -0.396 e. The Bertz CT molecular complexity index is 1100. The lowest BCUT2D eigenvalue weighted by Gasteiger charge is -2.12. The van der Waals surface area contributed by atoms with Crippen LogP contribution in [-0.4, -0.2) is 36.4 Å². The summed E-state index contributed by atoms with van der Waals surface area (Å²) in [4.78, 5) is 30.2. The van der Waals surface area contributed by atoms with Crippen LogP contribution in [0.1, 0.15) is 18.9 Å². The van der Waals surface area contributed by atoms with E-state index in [1.165, 1.54) is 4.57 Å². The van der Waals surface area contributed by atoms with Gasteiger partial charge in [0.1, 0.15) is 0 Å². The quantitative estimate of drug-likeness (QED) is 0.661. The molecule has 0 fully saturated rings. The van der Waals surface area contributed by atoms with Gasteiger partial charge >= 0.3 is 5.69 Å². The van der Waals surface area contributed by atoms with Gasteiger partial charge in [-0.05, 0) is 25.0 Å². The third-order valence-corrected chi connectivity index (χ3v) is 4.95. The number of aliphatic hydroxyl groups is 1. The van der Waals surface area contributed by atoms with Crippen LogP contribution < -0.4 is 16.6 Å². The highest BCUT2D eigenvalue weighted by Gasteiger charge is 2.19. The molecule has 27 heavy (non-hydrogen) atoms. The van der Waals surface area contributed by atoms with E-state index in [0.29, 0.717) is 34.1 Å². The summed E-state index contributed by atoms with van der Waals surface area (Å²) >= 11 is 6.19. The number of rotatable bonds is 6. The molecule has 2 heterocycles. The number of hydrogen-bond donors (Lipinski definition) is 2. The first-order valence-electron chi connectivity index (χ1n) is 8.62. The molecule has 0 radical (unpaired) electrons. The Kier molecular flexibility index (Phi) is 5.38. The zero-order valence-electron chi connectivity index (χ0n) is 15.4. The van der Waals surface area contributed by atoms with Gasteiger partial charge in [-0.15, -0.1) is 0 Å². The Hall–Kier alpha value is -2.58. The number of benzene rings is 1. The van der Waals surface area contributed by atoms with Crippen molar-refractivity contribution in [1.82, 2.24) is 18.7 Å². The zero-order valence-corrected chi connectivity index (χ0v) is 16.2. The minimum atomic E-state index is -0.458. The fourth-order valence-electron chi connectivity index (χ4n) is 3.00. The van der Waals surface area contributed by atoms with Crippen molar-refractivity contribution in [2.75, 3.05) is 11.9 Å². The average molecular weight is 392 g/mol. The molecular weight excluding hydrogens is 370 g/mol. The summed E-state index contributed by atoms with van der Waals surface area (Å²) in [7, 11) is 3.30. The maximum absolute atomic E-state index is 13.0. The van der Waals surface area contributed by atoms with Gasteiger partial charge in [-0.3, -0.25) is 13.9 Å². The summed E-state index contributed by atoms with van der Waals surface area (Å²) < 4.78 is 4.15. The molecule has 0 aliphatic heterocycles. The molecule has 1 aromatic carbocycles. The molecule has 144 valence electrons. The lowest BCUT2D eigenvalue weighted by Crippen LogP contribution is -2.39. The van der Waals surface area contributed by atoms with Gasteiger partial charge in [-0.25, -0.2) is 4.79 Å². The van der Waals surface area contributed by atoms with Gasteiger partial charge in [-0.2, -0.15) is 4.98 Å². The van der Waals surface area contributed by atoms with Gasteiger partial charge in [-0.1, -0.05) is 29.8 Å². The second kappa shape index (κ2) is 7.58. The molecule has 0 amide bonds. The predicted octanol–water partition coefficient (Wildman–Crippen LogP) is 1.32. The maximum atomic E-state index is 13.0. The van der Waals surface area contributed by atoms with E-state index in [4.69, 9.17) is 16.7 Å². The summed E-state index contributed by atoms with van der Waals surface area (Å²) in [6.45, 7) is 2.03. The van der Waals surface area contributed by atoms with E-state index >= 15 is 0 Å². The van der Waals surface area contributed by atoms with Crippen molar-refractivity contribution in [2.45, 2.75) is 25.9 Å². The summed E-state index contributed by atoms with van der Waals surface area (Å²) in [5, 5.41) is 12.7. The van der Waals surface area contributed by atoms with Crippen LogP contribution in [-0.2, 0) is 20.6 Å². The maximum Gasteiger partial charge on any atom is 0.332 e. The molecule has 0 saturated carbocycles. The first-order valence-corrected chi connectivity index (χ1v) is 9.00. The topological polar surface area (TPSA) is 94.1 Å². The highest BCUT2D eigenvalue weighted by Crippen LogP contribution is 2.17. The Morgan fingerprint density at radius 1 is 1.22 bits per heavy atom. The number of nitrogens with one attached hydrogen (secondary N) is 1. The number of aliphatic hydroxyl groups excluding tert-OH is 1. The van der Waals surface area contributed by atoms with Gasteiger partial charge < -0.3 is 15.0 Å². The molecule has 3 aromatic rings. The first-order chi connectivity index (χ1) is 12.8. The van der Waals surface area contributed by atoms with E-state index in [-0.39, 0.29) is 19.2 Å². The molecule has 9 heteroatoms. The molecule has 1 atom stereocenters. The third kappa shape index (κ3) is 3.50. The number of fused-ring (bicyclic) bond motifs is 1. The molecular formula is C18H22ClN5O3. The monoisotopic (exact) mass is 391 g/mol. The molecule has 0 aliphatic rings. The number of aromatic nitrogens is 4. The SMILES string of the molecule is C[C@@H](CCO)Nc1nc2c(c(=O)n(Cc3ccccc3Cl)c(=O)n2C)n1C. The molecule has 0 bridgehead atoms. The second-order valence-electron chi connectivity index (χ2n) is 6.55. The number of halogens is 1. The highest BCUT2D eigenvalue weighted by atomic mass is 35.5. The summed E-state index contributed by atoms with van der Waals surface area (Å²) in [6.07, 6.45) is 0.541. The molecule has 2 aromatic heterocycles. The van der Waals surface area contributed by atoms with Crippen LogP contribution in [0.4, 0.5) is 5.95 Å². The normalized spacial score (nSPS) is 12.5. The largest absolute Gasteiger partial charge is 0.396 e. The molecule has 0 spiro atoms.